The van der Waals surface area contributed by atoms with Gasteiger partial charge < -0.3 is 15.0 Å². The van der Waals surface area contributed by atoms with Crippen LogP contribution in [0.5, 0.6) is 0 Å². The van der Waals surface area contributed by atoms with Crippen molar-refractivity contribution in [2.24, 2.45) is 0 Å². The molecule has 1 saturated heterocycles. The van der Waals surface area contributed by atoms with Gasteiger partial charge in [0, 0.05) is 36.4 Å². The summed E-state index contributed by atoms with van der Waals surface area (Å²) in [6, 6.07) is 8.94. The van der Waals surface area contributed by atoms with E-state index < -0.39 is 4.92 Å². The molecule has 1 aliphatic rings. The summed E-state index contributed by atoms with van der Waals surface area (Å²) in [5.74, 6) is 0.922. The van der Waals surface area contributed by atoms with Crippen molar-refractivity contribution in [1.29, 1.82) is 0 Å². The van der Waals surface area contributed by atoms with Crippen molar-refractivity contribution >= 4 is 33.1 Å². The maximum absolute atomic E-state index is 11.2. The van der Waals surface area contributed by atoms with Crippen molar-refractivity contribution in [3.63, 3.8) is 0 Å². The van der Waals surface area contributed by atoms with E-state index in [1.807, 2.05) is 12.1 Å². The van der Waals surface area contributed by atoms with Crippen LogP contribution in [0.3, 0.4) is 0 Å². The summed E-state index contributed by atoms with van der Waals surface area (Å²) in [6.07, 6.45) is 2.16. The average Bonchev–Trinajstić information content (AvgIpc) is 2.60. The molecule has 1 aliphatic heterocycles. The lowest BCUT2D eigenvalue weighted by molar-refractivity contribution is -0.384. The van der Waals surface area contributed by atoms with E-state index in [0.717, 1.165) is 24.5 Å². The van der Waals surface area contributed by atoms with Crippen molar-refractivity contribution < 1.29 is 9.66 Å². The van der Waals surface area contributed by atoms with Crippen LogP contribution in [0.2, 0.25) is 0 Å². The molecule has 1 aromatic carbocycles. The van der Waals surface area contributed by atoms with Gasteiger partial charge in [-0.2, -0.15) is 0 Å². The Hall–Kier alpha value is -2.19. The molecule has 0 amide bonds. The van der Waals surface area contributed by atoms with E-state index >= 15 is 0 Å². The number of benzene rings is 1. The smallest absolute Gasteiger partial charge is 0.293 e. The molecular weight excluding hydrogens is 400 g/mol. The lowest BCUT2D eigenvalue weighted by Crippen LogP contribution is -2.45. The second-order valence-corrected chi connectivity index (χ2v) is 7.37. The van der Waals surface area contributed by atoms with Crippen LogP contribution in [0.1, 0.15) is 19.4 Å². The second-order valence-electron chi connectivity index (χ2n) is 6.46. The molecule has 7 nitrogen and oxygen atoms in total. The van der Waals surface area contributed by atoms with Gasteiger partial charge in [0.2, 0.25) is 0 Å². The molecule has 1 fully saturated rings. The zero-order chi connectivity index (χ0) is 18.7. The van der Waals surface area contributed by atoms with Gasteiger partial charge in [-0.15, -0.1) is 0 Å². The van der Waals surface area contributed by atoms with Crippen LogP contribution in [0, 0.1) is 10.1 Å². The maximum atomic E-state index is 11.2. The third kappa shape index (κ3) is 4.50. The first-order valence-corrected chi connectivity index (χ1v) is 9.25. The molecular formula is C18H21BrN4O3. The number of hydrogen-bond donors (Lipinski definition) is 1. The Kier molecular flexibility index (Phi) is 5.73. The molecule has 1 N–H and O–H groups in total. The standard InChI is InChI=1S/C18H21BrN4O3/c1-12-10-22(11-13(2)26-12)18-6-3-14(9-21-18)8-20-16-5-4-15(19)7-17(16)23(24)25/h3-7,9,12-13,20H,8,10-11H2,1-2H3. The van der Waals surface area contributed by atoms with Crippen LogP contribution in [-0.4, -0.2) is 35.2 Å². The van der Waals surface area contributed by atoms with Gasteiger partial charge in [-0.25, -0.2) is 4.98 Å². The van der Waals surface area contributed by atoms with Gasteiger partial charge >= 0.3 is 0 Å². The number of halogens is 1. The first-order chi connectivity index (χ1) is 12.4. The second kappa shape index (κ2) is 8.01. The Morgan fingerprint density at radius 3 is 2.65 bits per heavy atom. The summed E-state index contributed by atoms with van der Waals surface area (Å²) in [5, 5.41) is 14.3. The molecule has 0 bridgehead atoms. The quantitative estimate of drug-likeness (QED) is 0.581. The highest BCUT2D eigenvalue weighted by Gasteiger charge is 2.23. The lowest BCUT2D eigenvalue weighted by atomic mass is 10.2. The summed E-state index contributed by atoms with van der Waals surface area (Å²) >= 11 is 3.26. The van der Waals surface area contributed by atoms with Crippen LogP contribution in [0.4, 0.5) is 17.2 Å². The number of pyridine rings is 1. The van der Waals surface area contributed by atoms with Gasteiger partial charge in [-0.05, 0) is 37.6 Å². The summed E-state index contributed by atoms with van der Waals surface area (Å²) in [5.41, 5.74) is 1.48. The van der Waals surface area contributed by atoms with Crippen LogP contribution < -0.4 is 10.2 Å². The number of ether oxygens (including phenoxy) is 1. The fourth-order valence-electron chi connectivity index (χ4n) is 3.08. The number of nitrogens with one attached hydrogen (secondary N) is 1. The van der Waals surface area contributed by atoms with Crippen molar-refractivity contribution in [3.05, 3.63) is 56.7 Å². The third-order valence-corrected chi connectivity index (χ3v) is 4.69. The van der Waals surface area contributed by atoms with E-state index in [1.54, 1.807) is 18.3 Å². The highest BCUT2D eigenvalue weighted by atomic mass is 79.9. The third-order valence-electron chi connectivity index (χ3n) is 4.19. The van der Waals surface area contributed by atoms with Gasteiger partial charge in [0.15, 0.2) is 0 Å². The van der Waals surface area contributed by atoms with Gasteiger partial charge in [-0.3, -0.25) is 10.1 Å². The van der Waals surface area contributed by atoms with Crippen LogP contribution in [0.25, 0.3) is 0 Å². The molecule has 1 aromatic heterocycles. The number of nitro groups is 1. The number of nitrogens with zero attached hydrogens (tertiary/aromatic N) is 3. The summed E-state index contributed by atoms with van der Waals surface area (Å²) in [6.45, 7) is 6.23. The largest absolute Gasteiger partial charge is 0.375 e. The van der Waals surface area contributed by atoms with E-state index in [1.165, 1.54) is 6.07 Å². The fourth-order valence-corrected chi connectivity index (χ4v) is 3.42. The SMILES string of the molecule is CC1CN(c2ccc(CNc3ccc(Br)cc3[N+](=O)[O-])cn2)CC(C)O1. The molecule has 2 unspecified atom stereocenters. The Bertz CT molecular complexity index is 775. The van der Waals surface area contributed by atoms with Gasteiger partial charge in [-0.1, -0.05) is 22.0 Å². The first kappa shape index (κ1) is 18.6. The van der Waals surface area contributed by atoms with Gasteiger partial charge in [0.05, 0.1) is 17.1 Å². The minimum absolute atomic E-state index is 0.0419. The Labute approximate surface area is 160 Å². The molecule has 26 heavy (non-hydrogen) atoms. The van der Waals surface area contributed by atoms with E-state index in [0.29, 0.717) is 16.7 Å². The summed E-state index contributed by atoms with van der Waals surface area (Å²) in [4.78, 5) is 17.5. The highest BCUT2D eigenvalue weighted by Crippen LogP contribution is 2.28. The van der Waals surface area contributed by atoms with Crippen molar-refractivity contribution in [3.8, 4) is 0 Å². The van der Waals surface area contributed by atoms with Crippen LogP contribution >= 0.6 is 15.9 Å². The van der Waals surface area contributed by atoms with E-state index in [4.69, 9.17) is 4.74 Å². The maximum Gasteiger partial charge on any atom is 0.293 e. The number of nitro benzene ring substituents is 1. The lowest BCUT2D eigenvalue weighted by Gasteiger charge is -2.36. The predicted molar refractivity (Wildman–Crippen MR) is 105 cm³/mol. The van der Waals surface area contributed by atoms with E-state index in [2.05, 4.69) is 45.0 Å². The van der Waals surface area contributed by atoms with Crippen molar-refractivity contribution in [2.45, 2.75) is 32.6 Å². The Balaban J connectivity index is 1.66. The van der Waals surface area contributed by atoms with Crippen molar-refractivity contribution in [1.82, 2.24) is 4.98 Å². The molecule has 3 rings (SSSR count). The normalized spacial score (nSPS) is 20.0. The molecule has 2 atom stereocenters. The van der Waals surface area contributed by atoms with Crippen LogP contribution in [-0.2, 0) is 11.3 Å². The molecule has 2 aromatic rings. The van der Waals surface area contributed by atoms with Gasteiger partial charge in [0.1, 0.15) is 11.5 Å². The fraction of sp³-hybridized carbons (Fsp3) is 0.389. The number of morpholine rings is 1. The molecule has 138 valence electrons. The minimum atomic E-state index is -0.394. The van der Waals surface area contributed by atoms with E-state index in [9.17, 15) is 10.1 Å². The zero-order valence-corrected chi connectivity index (χ0v) is 16.3. The molecule has 0 spiro atoms. The number of rotatable bonds is 5. The number of hydrogen-bond acceptors (Lipinski definition) is 6. The molecule has 0 saturated carbocycles. The number of anilines is 2. The molecule has 2 heterocycles. The summed E-state index contributed by atoms with van der Waals surface area (Å²) < 4.78 is 6.43. The van der Waals surface area contributed by atoms with Crippen LogP contribution in [0.15, 0.2) is 41.0 Å². The topological polar surface area (TPSA) is 80.5 Å². The Morgan fingerprint density at radius 2 is 2.04 bits per heavy atom. The zero-order valence-electron chi connectivity index (χ0n) is 14.7. The van der Waals surface area contributed by atoms with E-state index in [-0.39, 0.29) is 17.9 Å². The van der Waals surface area contributed by atoms with Gasteiger partial charge in [0.25, 0.3) is 5.69 Å². The minimum Gasteiger partial charge on any atom is -0.375 e. The van der Waals surface area contributed by atoms with Crippen molar-refractivity contribution in [2.75, 3.05) is 23.3 Å². The molecule has 0 radical (unpaired) electrons. The molecule has 0 aliphatic carbocycles. The average molecular weight is 421 g/mol. The number of aromatic nitrogens is 1. The first-order valence-electron chi connectivity index (χ1n) is 8.45. The predicted octanol–water partition coefficient (Wildman–Crippen LogP) is 3.98. The summed E-state index contributed by atoms with van der Waals surface area (Å²) in [7, 11) is 0. The monoisotopic (exact) mass is 420 g/mol. The highest BCUT2D eigenvalue weighted by molar-refractivity contribution is 9.10. The molecule has 8 heteroatoms. The Morgan fingerprint density at radius 1 is 1.31 bits per heavy atom.